The van der Waals surface area contributed by atoms with Gasteiger partial charge in [0.25, 0.3) is 5.91 Å². The van der Waals surface area contributed by atoms with Gasteiger partial charge in [0.15, 0.2) is 0 Å². The second-order valence-corrected chi connectivity index (χ2v) is 8.06. The van der Waals surface area contributed by atoms with Gasteiger partial charge in [-0.2, -0.15) is 0 Å². The first-order chi connectivity index (χ1) is 14.0. The van der Waals surface area contributed by atoms with Crippen molar-refractivity contribution in [2.75, 3.05) is 6.61 Å². The van der Waals surface area contributed by atoms with Crippen LogP contribution in [0.15, 0.2) is 37.1 Å². The first-order valence-corrected chi connectivity index (χ1v) is 10.3. The van der Waals surface area contributed by atoms with Crippen LogP contribution in [0.1, 0.15) is 43.0 Å². The van der Waals surface area contributed by atoms with Crippen molar-refractivity contribution in [3.63, 3.8) is 0 Å². The van der Waals surface area contributed by atoms with Crippen LogP contribution in [0.5, 0.6) is 0 Å². The number of carbonyl (C=O) groups excluding carboxylic acids is 1. The van der Waals surface area contributed by atoms with E-state index >= 15 is 0 Å². The maximum Gasteiger partial charge on any atom is 0.253 e. The number of nitrogens with one attached hydrogen (secondary N) is 2. The van der Waals surface area contributed by atoms with Gasteiger partial charge >= 0.3 is 0 Å². The van der Waals surface area contributed by atoms with Gasteiger partial charge in [0.1, 0.15) is 0 Å². The number of halogens is 1. The number of H-pyrrole nitrogens is 1. The SMILES string of the molecule is CC(O)CO[C@H]1CC[C@H](NC(=O)c2cc(-n3ccnc3)cc3c(Cl)c[nH]c23)CC1. The van der Waals surface area contributed by atoms with E-state index in [1.165, 1.54) is 0 Å². The van der Waals surface area contributed by atoms with Crippen molar-refractivity contribution in [3.8, 4) is 5.69 Å². The Labute approximate surface area is 174 Å². The summed E-state index contributed by atoms with van der Waals surface area (Å²) in [5, 5.41) is 13.9. The molecule has 1 fully saturated rings. The summed E-state index contributed by atoms with van der Waals surface area (Å²) in [6, 6.07) is 3.90. The zero-order chi connectivity index (χ0) is 20.4. The maximum atomic E-state index is 13.1. The highest BCUT2D eigenvalue weighted by molar-refractivity contribution is 6.36. The molecule has 3 aromatic rings. The first kappa shape index (κ1) is 19.9. The van der Waals surface area contributed by atoms with Crippen LogP contribution in [0.3, 0.4) is 0 Å². The fourth-order valence-electron chi connectivity index (χ4n) is 3.84. The number of aliphatic hydroxyl groups excluding tert-OH is 1. The fourth-order valence-corrected chi connectivity index (χ4v) is 4.04. The average Bonchev–Trinajstić information content (AvgIpc) is 3.37. The van der Waals surface area contributed by atoms with Gasteiger partial charge in [-0.05, 0) is 44.7 Å². The Morgan fingerprint density at radius 3 is 2.90 bits per heavy atom. The van der Waals surface area contributed by atoms with Crippen molar-refractivity contribution < 1.29 is 14.6 Å². The summed E-state index contributed by atoms with van der Waals surface area (Å²) >= 11 is 6.32. The molecule has 1 aliphatic rings. The summed E-state index contributed by atoms with van der Waals surface area (Å²) in [6.07, 6.45) is 10.1. The molecule has 0 saturated heterocycles. The summed E-state index contributed by atoms with van der Waals surface area (Å²) in [4.78, 5) is 20.3. The van der Waals surface area contributed by atoms with Crippen molar-refractivity contribution in [1.82, 2.24) is 19.9 Å². The largest absolute Gasteiger partial charge is 0.391 e. The second-order valence-electron chi connectivity index (χ2n) is 7.65. The number of aromatic nitrogens is 3. The summed E-state index contributed by atoms with van der Waals surface area (Å²) < 4.78 is 7.56. The van der Waals surface area contributed by atoms with Gasteiger partial charge in [0, 0.05) is 35.7 Å². The molecule has 1 saturated carbocycles. The van der Waals surface area contributed by atoms with E-state index in [-0.39, 0.29) is 18.1 Å². The Balaban J connectivity index is 1.49. The predicted molar refractivity (Wildman–Crippen MR) is 112 cm³/mol. The van der Waals surface area contributed by atoms with E-state index in [1.807, 2.05) is 22.9 Å². The fraction of sp³-hybridized carbons (Fsp3) is 0.429. The lowest BCUT2D eigenvalue weighted by Crippen LogP contribution is -2.39. The van der Waals surface area contributed by atoms with E-state index in [0.717, 1.165) is 42.3 Å². The summed E-state index contributed by atoms with van der Waals surface area (Å²) in [5.74, 6) is -0.121. The number of benzene rings is 1. The maximum absolute atomic E-state index is 13.1. The zero-order valence-corrected chi connectivity index (χ0v) is 17.0. The minimum absolute atomic E-state index is 0.103. The topological polar surface area (TPSA) is 92.2 Å². The quantitative estimate of drug-likeness (QED) is 0.574. The number of carbonyl (C=O) groups is 1. The third-order valence-electron chi connectivity index (χ3n) is 5.35. The molecule has 29 heavy (non-hydrogen) atoms. The second kappa shape index (κ2) is 8.57. The molecule has 1 amide bonds. The number of rotatable bonds is 6. The Morgan fingerprint density at radius 1 is 1.41 bits per heavy atom. The summed E-state index contributed by atoms with van der Waals surface area (Å²) in [5.41, 5.74) is 2.12. The van der Waals surface area contributed by atoms with Crippen molar-refractivity contribution in [3.05, 3.63) is 47.6 Å². The normalized spacial score (nSPS) is 20.7. The number of imidazole rings is 1. The highest BCUT2D eigenvalue weighted by Crippen LogP contribution is 2.29. The lowest BCUT2D eigenvalue weighted by molar-refractivity contribution is -0.0210. The van der Waals surface area contributed by atoms with E-state index in [1.54, 1.807) is 25.6 Å². The zero-order valence-electron chi connectivity index (χ0n) is 16.3. The monoisotopic (exact) mass is 416 g/mol. The molecule has 2 aromatic heterocycles. The van der Waals surface area contributed by atoms with Crippen molar-refractivity contribution in [2.24, 2.45) is 0 Å². The number of ether oxygens (including phenoxy) is 1. The highest BCUT2D eigenvalue weighted by atomic mass is 35.5. The molecule has 7 nitrogen and oxygen atoms in total. The van der Waals surface area contributed by atoms with Crippen LogP contribution >= 0.6 is 11.6 Å². The Bertz CT molecular complexity index is 975. The minimum atomic E-state index is -0.453. The molecule has 3 N–H and O–H groups in total. The highest BCUT2D eigenvalue weighted by Gasteiger charge is 2.25. The van der Waals surface area contributed by atoms with Crippen molar-refractivity contribution in [1.29, 1.82) is 0 Å². The number of nitrogens with zero attached hydrogens (tertiary/aromatic N) is 2. The van der Waals surface area contributed by atoms with Crippen LogP contribution in [-0.2, 0) is 4.74 Å². The van der Waals surface area contributed by atoms with Crippen molar-refractivity contribution in [2.45, 2.75) is 50.9 Å². The summed E-state index contributed by atoms with van der Waals surface area (Å²) in [6.45, 7) is 2.08. The summed E-state index contributed by atoms with van der Waals surface area (Å²) in [7, 11) is 0. The van der Waals surface area contributed by atoms with Crippen LogP contribution in [-0.4, -0.2) is 50.4 Å². The van der Waals surface area contributed by atoms with E-state index < -0.39 is 6.10 Å². The van der Waals surface area contributed by atoms with Crippen LogP contribution in [0, 0.1) is 0 Å². The molecule has 0 bridgehead atoms. The molecule has 1 aliphatic carbocycles. The molecule has 1 unspecified atom stereocenters. The average molecular weight is 417 g/mol. The molecule has 2 heterocycles. The number of amides is 1. The molecular formula is C21H25ClN4O3. The Hall–Kier alpha value is -2.35. The number of aliphatic hydroxyl groups is 1. The van der Waals surface area contributed by atoms with E-state index in [2.05, 4.69) is 15.3 Å². The molecule has 1 aromatic carbocycles. The molecule has 154 valence electrons. The van der Waals surface area contributed by atoms with Gasteiger partial charge in [0.05, 0.1) is 41.2 Å². The molecule has 1 atom stereocenters. The van der Waals surface area contributed by atoms with Gasteiger partial charge < -0.3 is 24.7 Å². The Morgan fingerprint density at radius 2 is 2.21 bits per heavy atom. The van der Waals surface area contributed by atoms with Crippen molar-refractivity contribution >= 4 is 28.4 Å². The lowest BCUT2D eigenvalue weighted by atomic mass is 9.92. The van der Waals surface area contributed by atoms with Gasteiger partial charge in [-0.3, -0.25) is 4.79 Å². The van der Waals surface area contributed by atoms with Crippen LogP contribution in [0.25, 0.3) is 16.6 Å². The van der Waals surface area contributed by atoms with Gasteiger partial charge in [-0.25, -0.2) is 4.98 Å². The molecule has 0 spiro atoms. The van der Waals surface area contributed by atoms with Crippen LogP contribution in [0.4, 0.5) is 0 Å². The van der Waals surface area contributed by atoms with E-state index in [0.29, 0.717) is 17.2 Å². The van der Waals surface area contributed by atoms with Crippen LogP contribution in [0.2, 0.25) is 5.02 Å². The minimum Gasteiger partial charge on any atom is -0.391 e. The predicted octanol–water partition coefficient (Wildman–Crippen LogP) is 3.45. The molecule has 0 aliphatic heterocycles. The van der Waals surface area contributed by atoms with E-state index in [4.69, 9.17) is 16.3 Å². The van der Waals surface area contributed by atoms with E-state index in [9.17, 15) is 9.90 Å². The number of hydrogen-bond acceptors (Lipinski definition) is 4. The first-order valence-electron chi connectivity index (χ1n) is 9.90. The smallest absolute Gasteiger partial charge is 0.253 e. The number of aromatic amines is 1. The third-order valence-corrected chi connectivity index (χ3v) is 5.67. The van der Waals surface area contributed by atoms with Gasteiger partial charge in [-0.15, -0.1) is 0 Å². The molecule has 4 rings (SSSR count). The molecule has 8 heteroatoms. The van der Waals surface area contributed by atoms with Gasteiger partial charge in [0.2, 0.25) is 0 Å². The van der Waals surface area contributed by atoms with Crippen LogP contribution < -0.4 is 5.32 Å². The molecular weight excluding hydrogens is 392 g/mol. The number of fused-ring (bicyclic) bond motifs is 1. The molecule has 0 radical (unpaired) electrons. The standard InChI is InChI=1S/C21H25ClN4O3/c1-13(27)11-29-16-4-2-14(3-5-16)25-21(28)18-9-15(26-7-6-23-12-26)8-17-19(22)10-24-20(17)18/h6-10,12-14,16,24,27H,2-5,11H2,1H3,(H,25,28)/t13?,14-,16-. The number of hydrogen-bond donors (Lipinski definition) is 3. The Kier molecular flexibility index (Phi) is 5.89. The third kappa shape index (κ3) is 4.47. The van der Waals surface area contributed by atoms with Gasteiger partial charge in [-0.1, -0.05) is 11.6 Å². The lowest BCUT2D eigenvalue weighted by Gasteiger charge is -2.29.